The number of pyridine rings is 1. The van der Waals surface area contributed by atoms with Gasteiger partial charge in [-0.1, -0.05) is 11.6 Å². The summed E-state index contributed by atoms with van der Waals surface area (Å²) in [6, 6.07) is 6.48. The number of alkyl halides is 2. The summed E-state index contributed by atoms with van der Waals surface area (Å²) in [5.41, 5.74) is 7.55. The Balaban J connectivity index is 2.00. The number of rotatable bonds is 8. The van der Waals surface area contributed by atoms with Crippen molar-refractivity contribution in [3.05, 3.63) is 59.3 Å². The second-order valence-corrected chi connectivity index (χ2v) is 4.96. The van der Waals surface area contributed by atoms with Gasteiger partial charge in [0.25, 0.3) is 0 Å². The predicted molar refractivity (Wildman–Crippen MR) is 84.6 cm³/mol. The molecule has 2 rings (SSSR count). The van der Waals surface area contributed by atoms with Crippen molar-refractivity contribution in [2.75, 3.05) is 11.9 Å². The molecule has 2 N–H and O–H groups in total. The summed E-state index contributed by atoms with van der Waals surface area (Å²) in [4.78, 5) is 3.92. The Kier molecular flexibility index (Phi) is 6.58. The minimum absolute atomic E-state index is 0.0767. The van der Waals surface area contributed by atoms with Crippen LogP contribution < -0.4 is 14.8 Å². The van der Waals surface area contributed by atoms with Gasteiger partial charge in [-0.25, -0.2) is 14.9 Å². The molecule has 132 valence electrons. The highest BCUT2D eigenvalue weighted by atomic mass is 35.5. The summed E-state index contributed by atoms with van der Waals surface area (Å²) in [5.74, 6) is -1.23. The lowest BCUT2D eigenvalue weighted by atomic mass is 10.3. The zero-order valence-corrected chi connectivity index (χ0v) is 13.3. The van der Waals surface area contributed by atoms with E-state index in [2.05, 4.69) is 20.2 Å². The summed E-state index contributed by atoms with van der Waals surface area (Å²) in [6.45, 7) is -3.22. The van der Waals surface area contributed by atoms with E-state index in [4.69, 9.17) is 21.9 Å². The molecular formula is C15H12ClF3N4O2. The van der Waals surface area contributed by atoms with E-state index in [0.717, 1.165) is 12.1 Å². The molecule has 0 bridgehead atoms. The van der Waals surface area contributed by atoms with Crippen molar-refractivity contribution in [1.29, 1.82) is 5.53 Å². The molecule has 0 fully saturated rings. The zero-order valence-electron chi connectivity index (χ0n) is 12.5. The van der Waals surface area contributed by atoms with Crippen molar-refractivity contribution < 1.29 is 22.6 Å². The van der Waals surface area contributed by atoms with E-state index in [9.17, 15) is 13.2 Å². The van der Waals surface area contributed by atoms with Gasteiger partial charge in [0, 0.05) is 30.2 Å². The zero-order chi connectivity index (χ0) is 18.2. The van der Waals surface area contributed by atoms with E-state index in [-0.39, 0.29) is 23.9 Å². The highest BCUT2D eigenvalue weighted by molar-refractivity contribution is 6.30. The van der Waals surface area contributed by atoms with Gasteiger partial charge in [-0.15, -0.1) is 0 Å². The van der Waals surface area contributed by atoms with Gasteiger partial charge in [-0.3, -0.25) is 0 Å². The summed E-state index contributed by atoms with van der Waals surface area (Å²) < 4.78 is 47.1. The molecule has 10 heteroatoms. The van der Waals surface area contributed by atoms with Crippen LogP contribution in [0.15, 0.2) is 53.5 Å². The third kappa shape index (κ3) is 5.96. The average molecular weight is 373 g/mol. The maximum Gasteiger partial charge on any atom is 0.387 e. The molecule has 0 aliphatic rings. The van der Waals surface area contributed by atoms with Gasteiger partial charge in [-0.2, -0.15) is 13.9 Å². The molecule has 0 atom stereocenters. The number of nitrogens with one attached hydrogen (secondary N) is 2. The number of nitrogens with zero attached hydrogens (tertiary/aromatic N) is 2. The molecule has 0 saturated heterocycles. The van der Waals surface area contributed by atoms with Gasteiger partial charge in [-0.05, 0) is 18.2 Å². The van der Waals surface area contributed by atoms with E-state index >= 15 is 0 Å². The van der Waals surface area contributed by atoms with E-state index in [0.29, 0.717) is 5.02 Å². The number of anilines is 1. The van der Waals surface area contributed by atoms with Crippen LogP contribution in [-0.2, 0) is 0 Å². The molecule has 0 saturated carbocycles. The van der Waals surface area contributed by atoms with Crippen LogP contribution in [0.5, 0.6) is 11.6 Å². The van der Waals surface area contributed by atoms with Crippen LogP contribution in [0.3, 0.4) is 0 Å². The molecule has 1 heterocycles. The Bertz CT molecular complexity index is 757. The summed E-state index contributed by atoms with van der Waals surface area (Å²) in [6.07, 6.45) is 2.71. The highest BCUT2D eigenvalue weighted by Crippen LogP contribution is 2.24. The van der Waals surface area contributed by atoms with Crippen molar-refractivity contribution in [3.8, 4) is 11.6 Å². The van der Waals surface area contributed by atoms with E-state index in [1.807, 2.05) is 0 Å². The highest BCUT2D eigenvalue weighted by Gasteiger charge is 2.10. The summed E-state index contributed by atoms with van der Waals surface area (Å²) in [5, 5.41) is 6.41. The van der Waals surface area contributed by atoms with Gasteiger partial charge in [0.15, 0.2) is 11.6 Å². The fourth-order valence-electron chi connectivity index (χ4n) is 1.65. The fraction of sp³-hybridized carbons (Fsp3) is 0.133. The van der Waals surface area contributed by atoms with Gasteiger partial charge in [0.2, 0.25) is 5.88 Å². The number of halogens is 4. The Morgan fingerprint density at radius 2 is 2.16 bits per heavy atom. The van der Waals surface area contributed by atoms with E-state index < -0.39 is 18.2 Å². The van der Waals surface area contributed by atoms with Crippen LogP contribution in [0.4, 0.5) is 18.9 Å². The summed E-state index contributed by atoms with van der Waals surface area (Å²) in [7, 11) is 0. The molecule has 0 radical (unpaired) electrons. The van der Waals surface area contributed by atoms with Crippen LogP contribution in [0, 0.1) is 11.3 Å². The minimum atomic E-state index is -3.14. The average Bonchev–Trinajstić information content (AvgIpc) is 2.59. The first kappa shape index (κ1) is 18.5. The Morgan fingerprint density at radius 3 is 2.80 bits per heavy atom. The lowest BCUT2D eigenvalue weighted by Gasteiger charge is -2.09. The van der Waals surface area contributed by atoms with Crippen molar-refractivity contribution in [2.24, 2.45) is 5.11 Å². The number of hydrogen-bond donors (Lipinski definition) is 2. The molecule has 0 spiro atoms. The molecular weight excluding hydrogens is 361 g/mol. The molecule has 1 aromatic carbocycles. The standard InChI is InChI=1S/C15H12ClF3N4O2/c16-9-1-4-14(22-6-9)24-8-11(23-20)7-21-10-2-3-12(17)13(5-10)25-15(18)19/h1-7,15,20-21H,8H2/b11-7-,23-20?. The normalized spacial score (nSPS) is 11.3. The topological polar surface area (TPSA) is 79.6 Å². The molecule has 6 nitrogen and oxygen atoms in total. The van der Waals surface area contributed by atoms with Crippen LogP contribution in [0.25, 0.3) is 0 Å². The lowest BCUT2D eigenvalue weighted by Crippen LogP contribution is -2.05. The van der Waals surface area contributed by atoms with Crippen LogP contribution in [-0.4, -0.2) is 18.2 Å². The molecule has 0 aliphatic heterocycles. The fourth-order valence-corrected chi connectivity index (χ4v) is 1.76. The van der Waals surface area contributed by atoms with Crippen LogP contribution in [0.1, 0.15) is 0 Å². The molecule has 0 aliphatic carbocycles. The first-order chi connectivity index (χ1) is 12.0. The number of benzene rings is 1. The van der Waals surface area contributed by atoms with Gasteiger partial charge < -0.3 is 14.8 Å². The maximum atomic E-state index is 13.3. The van der Waals surface area contributed by atoms with Gasteiger partial charge in [0.1, 0.15) is 12.3 Å². The molecule has 2 aromatic rings. The second-order valence-electron chi connectivity index (χ2n) is 4.52. The number of ether oxygens (including phenoxy) is 2. The van der Waals surface area contributed by atoms with Crippen molar-refractivity contribution >= 4 is 17.3 Å². The van der Waals surface area contributed by atoms with Gasteiger partial charge in [0.05, 0.1) is 5.02 Å². The Labute approximate surface area is 145 Å². The third-order valence-corrected chi connectivity index (χ3v) is 2.99. The monoisotopic (exact) mass is 372 g/mol. The molecule has 25 heavy (non-hydrogen) atoms. The van der Waals surface area contributed by atoms with Crippen molar-refractivity contribution in [1.82, 2.24) is 4.98 Å². The van der Waals surface area contributed by atoms with Gasteiger partial charge >= 0.3 is 6.61 Å². The first-order valence-corrected chi connectivity index (χ1v) is 7.17. The second kappa shape index (κ2) is 8.88. The minimum Gasteiger partial charge on any atom is -0.471 e. The van der Waals surface area contributed by atoms with Crippen molar-refractivity contribution in [2.45, 2.75) is 6.61 Å². The van der Waals surface area contributed by atoms with E-state index in [1.165, 1.54) is 18.5 Å². The number of hydrogen-bond acceptors (Lipinski definition) is 6. The summed E-state index contributed by atoms with van der Waals surface area (Å²) >= 11 is 5.70. The first-order valence-electron chi connectivity index (χ1n) is 6.79. The molecule has 0 amide bonds. The Hall–Kier alpha value is -2.81. The largest absolute Gasteiger partial charge is 0.471 e. The SMILES string of the molecule is N=N/C(=C\Nc1ccc(F)c(OC(F)F)c1)COc1ccc(Cl)cn1. The quantitative estimate of drug-likeness (QED) is 0.650. The smallest absolute Gasteiger partial charge is 0.387 e. The van der Waals surface area contributed by atoms with Crippen molar-refractivity contribution in [3.63, 3.8) is 0 Å². The molecule has 0 unspecified atom stereocenters. The maximum absolute atomic E-state index is 13.3. The lowest BCUT2D eigenvalue weighted by molar-refractivity contribution is -0.0521. The van der Waals surface area contributed by atoms with Crippen LogP contribution >= 0.6 is 11.6 Å². The number of aromatic nitrogens is 1. The van der Waals surface area contributed by atoms with Crippen LogP contribution in [0.2, 0.25) is 5.02 Å². The predicted octanol–water partition coefficient (Wildman–Crippen LogP) is 4.84. The Morgan fingerprint density at radius 1 is 1.36 bits per heavy atom. The third-order valence-electron chi connectivity index (χ3n) is 2.76. The molecule has 1 aromatic heterocycles. The van der Waals surface area contributed by atoms with E-state index in [1.54, 1.807) is 12.1 Å².